The number of nitrogens with one attached hydrogen (secondary N) is 1. The van der Waals surface area contributed by atoms with Crippen molar-refractivity contribution in [3.63, 3.8) is 0 Å². The quantitative estimate of drug-likeness (QED) is 0.847. The Morgan fingerprint density at radius 3 is 2.69 bits per heavy atom. The van der Waals surface area contributed by atoms with Crippen molar-refractivity contribution in [2.45, 2.75) is 57.9 Å². The van der Waals surface area contributed by atoms with E-state index in [-0.39, 0.29) is 5.54 Å². The molecule has 16 heavy (non-hydrogen) atoms. The highest BCUT2D eigenvalue weighted by atomic mass is 32.1. The topological polar surface area (TPSA) is 24.9 Å². The van der Waals surface area contributed by atoms with E-state index in [2.05, 4.69) is 31.5 Å². The molecule has 0 spiro atoms. The van der Waals surface area contributed by atoms with Crippen LogP contribution >= 0.6 is 11.3 Å². The van der Waals surface area contributed by atoms with Gasteiger partial charge in [0, 0.05) is 5.38 Å². The molecule has 2 nitrogen and oxygen atoms in total. The fraction of sp³-hybridized carbons (Fsp3) is 0.769. The van der Waals surface area contributed by atoms with E-state index in [4.69, 9.17) is 4.98 Å². The average Bonchev–Trinajstić information content (AvgIpc) is 2.66. The Hall–Kier alpha value is -0.410. The van der Waals surface area contributed by atoms with Gasteiger partial charge in [-0.1, -0.05) is 20.8 Å². The summed E-state index contributed by atoms with van der Waals surface area (Å²) in [6.45, 7) is 7.76. The molecule has 2 rings (SSSR count). The predicted octanol–water partition coefficient (Wildman–Crippen LogP) is 3.65. The van der Waals surface area contributed by atoms with Crippen LogP contribution in [-0.2, 0) is 5.54 Å². The molecule has 0 saturated heterocycles. The molecule has 1 aliphatic carbocycles. The monoisotopic (exact) mass is 238 g/mol. The number of hydrogen-bond acceptors (Lipinski definition) is 3. The van der Waals surface area contributed by atoms with Crippen LogP contribution in [0, 0.1) is 0 Å². The first-order chi connectivity index (χ1) is 7.68. The molecule has 0 atom stereocenters. The lowest BCUT2D eigenvalue weighted by Crippen LogP contribution is -2.48. The summed E-state index contributed by atoms with van der Waals surface area (Å²) >= 11 is 1.84. The molecule has 0 amide bonds. The summed E-state index contributed by atoms with van der Waals surface area (Å²) in [6, 6.07) is 0. The van der Waals surface area contributed by atoms with Gasteiger partial charge in [0.25, 0.3) is 0 Å². The smallest absolute Gasteiger partial charge is 0.113 e. The van der Waals surface area contributed by atoms with Gasteiger partial charge in [-0.2, -0.15) is 0 Å². The first-order valence-electron chi connectivity index (χ1n) is 6.39. The first-order valence-corrected chi connectivity index (χ1v) is 7.27. The van der Waals surface area contributed by atoms with Gasteiger partial charge >= 0.3 is 0 Å². The molecule has 1 aromatic heterocycles. The van der Waals surface area contributed by atoms with Crippen molar-refractivity contribution in [3.8, 4) is 0 Å². The molecule has 1 aliphatic rings. The summed E-state index contributed by atoms with van der Waals surface area (Å²) in [7, 11) is 0. The molecule has 0 aromatic carbocycles. The third-order valence-electron chi connectivity index (χ3n) is 3.44. The second-order valence-electron chi connectivity index (χ2n) is 5.09. The molecule has 1 fully saturated rings. The van der Waals surface area contributed by atoms with E-state index in [9.17, 15) is 0 Å². The average molecular weight is 238 g/mol. The summed E-state index contributed by atoms with van der Waals surface area (Å²) in [6.07, 6.45) is 5.06. The van der Waals surface area contributed by atoms with Gasteiger partial charge in [0.05, 0.1) is 11.2 Å². The van der Waals surface area contributed by atoms with Gasteiger partial charge in [0.15, 0.2) is 0 Å². The van der Waals surface area contributed by atoms with E-state index >= 15 is 0 Å². The Morgan fingerprint density at radius 2 is 2.25 bits per heavy atom. The summed E-state index contributed by atoms with van der Waals surface area (Å²) in [5.41, 5.74) is 1.48. The van der Waals surface area contributed by atoms with Crippen molar-refractivity contribution in [1.82, 2.24) is 10.3 Å². The molecule has 0 bridgehead atoms. The highest BCUT2D eigenvalue weighted by Crippen LogP contribution is 2.42. The Labute approximate surface area is 102 Å². The van der Waals surface area contributed by atoms with Crippen LogP contribution in [0.25, 0.3) is 0 Å². The summed E-state index contributed by atoms with van der Waals surface area (Å²) in [5, 5.41) is 7.24. The molecule has 1 saturated carbocycles. The van der Waals surface area contributed by atoms with Crippen molar-refractivity contribution in [3.05, 3.63) is 16.1 Å². The van der Waals surface area contributed by atoms with Crippen molar-refractivity contribution in [1.29, 1.82) is 0 Å². The molecule has 90 valence electrons. The molecule has 1 aromatic rings. The largest absolute Gasteiger partial charge is 0.305 e. The maximum atomic E-state index is 4.81. The van der Waals surface area contributed by atoms with Crippen molar-refractivity contribution in [2.24, 2.45) is 0 Å². The van der Waals surface area contributed by atoms with Crippen LogP contribution in [0.15, 0.2) is 5.38 Å². The normalized spacial score (nSPS) is 18.8. The van der Waals surface area contributed by atoms with Crippen molar-refractivity contribution < 1.29 is 0 Å². The van der Waals surface area contributed by atoms with Crippen molar-refractivity contribution in [2.75, 3.05) is 6.54 Å². The molecular formula is C13H22N2S. The second kappa shape index (κ2) is 4.84. The van der Waals surface area contributed by atoms with Crippen molar-refractivity contribution >= 4 is 11.3 Å². The third-order valence-corrected chi connectivity index (χ3v) is 4.51. The Morgan fingerprint density at radius 1 is 1.50 bits per heavy atom. The zero-order valence-corrected chi connectivity index (χ0v) is 11.4. The fourth-order valence-corrected chi connectivity index (χ4v) is 3.35. The second-order valence-corrected chi connectivity index (χ2v) is 5.95. The number of nitrogens with zero attached hydrogens (tertiary/aromatic N) is 1. The Balaban J connectivity index is 2.13. The van der Waals surface area contributed by atoms with Crippen LogP contribution in [0.1, 0.15) is 63.1 Å². The molecule has 0 aliphatic heterocycles. The molecule has 1 N–H and O–H groups in total. The van der Waals surface area contributed by atoms with E-state index < -0.39 is 0 Å². The minimum absolute atomic E-state index is 0.230. The molecule has 0 unspecified atom stereocenters. The summed E-state index contributed by atoms with van der Waals surface area (Å²) in [5.74, 6) is 0.549. The lowest BCUT2D eigenvalue weighted by molar-refractivity contribution is 0.185. The van der Waals surface area contributed by atoms with E-state index in [1.54, 1.807) is 0 Å². The van der Waals surface area contributed by atoms with E-state index in [1.807, 2.05) is 11.3 Å². The van der Waals surface area contributed by atoms with Gasteiger partial charge in [-0.15, -0.1) is 11.3 Å². The number of aromatic nitrogens is 1. The minimum atomic E-state index is 0.230. The van der Waals surface area contributed by atoms with Gasteiger partial charge in [-0.05, 0) is 38.1 Å². The number of rotatable bonds is 5. The SMILES string of the molecule is CCCNC1(c2nc(C(C)C)cs2)CCC1. The van der Waals surface area contributed by atoms with E-state index in [1.165, 1.54) is 36.4 Å². The zero-order valence-electron chi connectivity index (χ0n) is 10.5. The van der Waals surface area contributed by atoms with Gasteiger partial charge in [0.2, 0.25) is 0 Å². The van der Waals surface area contributed by atoms with Gasteiger partial charge in [-0.3, -0.25) is 0 Å². The lowest BCUT2D eigenvalue weighted by Gasteiger charge is -2.41. The summed E-state index contributed by atoms with van der Waals surface area (Å²) in [4.78, 5) is 4.81. The lowest BCUT2D eigenvalue weighted by atomic mass is 9.77. The van der Waals surface area contributed by atoms with Crippen LogP contribution in [0.2, 0.25) is 0 Å². The molecule has 3 heteroatoms. The van der Waals surface area contributed by atoms with Crippen LogP contribution in [-0.4, -0.2) is 11.5 Å². The third kappa shape index (κ3) is 2.16. The van der Waals surface area contributed by atoms with Gasteiger partial charge in [-0.25, -0.2) is 4.98 Å². The van der Waals surface area contributed by atoms with Crippen LogP contribution < -0.4 is 5.32 Å². The minimum Gasteiger partial charge on any atom is -0.305 e. The van der Waals surface area contributed by atoms with Crippen LogP contribution in [0.3, 0.4) is 0 Å². The maximum absolute atomic E-state index is 4.81. The summed E-state index contributed by atoms with van der Waals surface area (Å²) < 4.78 is 0. The standard InChI is InChI=1S/C13H22N2S/c1-4-8-14-13(6-5-7-13)12-15-11(9-16-12)10(2)3/h9-10,14H,4-8H2,1-3H3. The van der Waals surface area contributed by atoms with Gasteiger partial charge < -0.3 is 5.32 Å². The fourth-order valence-electron chi connectivity index (χ4n) is 2.13. The highest BCUT2D eigenvalue weighted by Gasteiger charge is 2.40. The highest BCUT2D eigenvalue weighted by molar-refractivity contribution is 7.09. The van der Waals surface area contributed by atoms with E-state index in [0.717, 1.165) is 6.54 Å². The first kappa shape index (κ1) is 12.1. The van der Waals surface area contributed by atoms with Gasteiger partial charge in [0.1, 0.15) is 5.01 Å². The van der Waals surface area contributed by atoms with Crippen LogP contribution in [0.4, 0.5) is 0 Å². The molecular weight excluding hydrogens is 216 g/mol. The Kier molecular flexibility index (Phi) is 3.65. The number of thiazole rings is 1. The number of hydrogen-bond donors (Lipinski definition) is 1. The zero-order chi connectivity index (χ0) is 11.6. The Bertz CT molecular complexity index is 339. The molecule has 0 radical (unpaired) electrons. The maximum Gasteiger partial charge on any atom is 0.113 e. The van der Waals surface area contributed by atoms with Crippen LogP contribution in [0.5, 0.6) is 0 Å². The van der Waals surface area contributed by atoms with E-state index in [0.29, 0.717) is 5.92 Å². The molecule has 1 heterocycles. The predicted molar refractivity (Wildman–Crippen MR) is 70.0 cm³/mol.